The molecule has 0 radical (unpaired) electrons. The Morgan fingerprint density at radius 3 is 2.78 bits per heavy atom. The monoisotopic (exact) mass is 337 g/mol. The van der Waals surface area contributed by atoms with Crippen molar-refractivity contribution in [2.45, 2.75) is 26.0 Å². The molecule has 0 spiro atoms. The minimum Gasteiger partial charge on any atom is -0.437 e. The van der Waals surface area contributed by atoms with Crippen molar-refractivity contribution in [2.75, 3.05) is 18.4 Å². The fourth-order valence-corrected chi connectivity index (χ4v) is 2.35. The molecule has 7 nitrogen and oxygen atoms in total. The fraction of sp³-hybridized carbons (Fsp3) is 0.400. The molecule has 2 aromatic rings. The molecule has 3 N–H and O–H groups in total. The Kier molecular flexibility index (Phi) is 5.70. The van der Waals surface area contributed by atoms with Gasteiger partial charge >= 0.3 is 0 Å². The number of nitrogens with one attached hydrogen (secondary N) is 2. The highest BCUT2D eigenvalue weighted by Gasteiger charge is 2.26. The van der Waals surface area contributed by atoms with Gasteiger partial charge in [-0.3, -0.25) is 4.98 Å². The lowest BCUT2D eigenvalue weighted by Crippen LogP contribution is -2.32. The average Bonchev–Trinajstić information content (AvgIpc) is 2.91. The molecule has 8 heteroatoms. The average molecular weight is 338 g/mol. The normalized spacial score (nSPS) is 20.0. The molecule has 1 aliphatic rings. The first-order valence-electron chi connectivity index (χ1n) is 7.21. The summed E-state index contributed by atoms with van der Waals surface area (Å²) in [6, 6.07) is 3.60. The van der Waals surface area contributed by atoms with Crippen LogP contribution in [0, 0.1) is 13.8 Å². The molecule has 2 aromatic heterocycles. The molecule has 1 aliphatic heterocycles. The summed E-state index contributed by atoms with van der Waals surface area (Å²) in [5, 5.41) is 16.2. The number of aliphatic hydroxyl groups excluding tert-OH is 1. The van der Waals surface area contributed by atoms with E-state index in [2.05, 4.69) is 25.6 Å². The topological polar surface area (TPSA) is 92.2 Å². The predicted octanol–water partition coefficient (Wildman–Crippen LogP) is 1.45. The molecular weight excluding hydrogens is 318 g/mol. The summed E-state index contributed by atoms with van der Waals surface area (Å²) < 4.78 is 5.84. The summed E-state index contributed by atoms with van der Waals surface area (Å²) in [5.74, 6) is 1.81. The number of pyridine rings is 1. The highest BCUT2D eigenvalue weighted by atomic mass is 35.5. The van der Waals surface area contributed by atoms with Gasteiger partial charge in [-0.15, -0.1) is 12.4 Å². The second-order valence-electron chi connectivity index (χ2n) is 5.32. The van der Waals surface area contributed by atoms with E-state index >= 15 is 0 Å². The molecule has 0 aromatic carbocycles. The van der Waals surface area contributed by atoms with Crippen molar-refractivity contribution < 1.29 is 9.84 Å². The summed E-state index contributed by atoms with van der Waals surface area (Å²) in [6.07, 6.45) is 2.74. The van der Waals surface area contributed by atoms with Gasteiger partial charge in [0.1, 0.15) is 12.1 Å². The molecule has 2 atom stereocenters. The van der Waals surface area contributed by atoms with Crippen LogP contribution in [0.4, 0.5) is 5.82 Å². The number of aromatic nitrogens is 3. The Morgan fingerprint density at radius 2 is 2.09 bits per heavy atom. The van der Waals surface area contributed by atoms with Crippen LogP contribution < -0.4 is 15.4 Å². The summed E-state index contributed by atoms with van der Waals surface area (Å²) in [6.45, 7) is 5.05. The van der Waals surface area contributed by atoms with Crippen LogP contribution in [0.3, 0.4) is 0 Å². The van der Waals surface area contributed by atoms with E-state index in [1.807, 2.05) is 26.0 Å². The summed E-state index contributed by atoms with van der Waals surface area (Å²) in [7, 11) is 0. The van der Waals surface area contributed by atoms with Gasteiger partial charge in [0.2, 0.25) is 5.88 Å². The van der Waals surface area contributed by atoms with Crippen LogP contribution in [0.2, 0.25) is 0 Å². The van der Waals surface area contributed by atoms with E-state index in [4.69, 9.17) is 4.74 Å². The maximum Gasteiger partial charge on any atom is 0.227 e. The van der Waals surface area contributed by atoms with Gasteiger partial charge in [0, 0.05) is 19.3 Å². The van der Waals surface area contributed by atoms with Gasteiger partial charge in [-0.1, -0.05) is 0 Å². The first-order chi connectivity index (χ1) is 10.6. The molecule has 0 unspecified atom stereocenters. The van der Waals surface area contributed by atoms with Gasteiger partial charge in [-0.25, -0.2) is 9.97 Å². The zero-order chi connectivity index (χ0) is 15.5. The largest absolute Gasteiger partial charge is 0.437 e. The molecule has 3 heterocycles. The van der Waals surface area contributed by atoms with Crippen LogP contribution in [-0.2, 0) is 0 Å². The van der Waals surface area contributed by atoms with E-state index in [1.54, 1.807) is 6.20 Å². The minimum absolute atomic E-state index is 0. The van der Waals surface area contributed by atoms with E-state index in [0.29, 0.717) is 30.5 Å². The molecule has 0 saturated carbocycles. The number of ether oxygens (including phenoxy) is 1. The lowest BCUT2D eigenvalue weighted by atomic mass is 10.2. The van der Waals surface area contributed by atoms with Crippen molar-refractivity contribution in [3.63, 3.8) is 0 Å². The van der Waals surface area contributed by atoms with Crippen molar-refractivity contribution in [3.05, 3.63) is 35.9 Å². The molecule has 0 amide bonds. The Hall–Kier alpha value is -1.96. The Balaban J connectivity index is 0.00000192. The third-order valence-corrected chi connectivity index (χ3v) is 3.71. The van der Waals surface area contributed by atoms with Gasteiger partial charge in [-0.05, 0) is 26.0 Å². The minimum atomic E-state index is -0.431. The lowest BCUT2D eigenvalue weighted by Gasteiger charge is -2.18. The molecule has 1 fully saturated rings. The molecule has 1 saturated heterocycles. The highest BCUT2D eigenvalue weighted by molar-refractivity contribution is 5.85. The fourth-order valence-electron chi connectivity index (χ4n) is 2.35. The Labute approximate surface area is 140 Å². The van der Waals surface area contributed by atoms with E-state index in [-0.39, 0.29) is 18.4 Å². The van der Waals surface area contributed by atoms with Gasteiger partial charge in [-0.2, -0.15) is 0 Å². The highest BCUT2D eigenvalue weighted by Crippen LogP contribution is 2.27. The molecule has 3 rings (SSSR count). The van der Waals surface area contributed by atoms with E-state index in [1.165, 1.54) is 6.33 Å². The third-order valence-electron chi connectivity index (χ3n) is 3.71. The maximum atomic E-state index is 9.87. The molecule has 124 valence electrons. The number of β-amino-alcohol motifs (C(OH)–C–C–N with tert-alkyl or cyclic N) is 1. The zero-order valence-corrected chi connectivity index (χ0v) is 13.8. The van der Waals surface area contributed by atoms with Crippen LogP contribution in [0.15, 0.2) is 24.7 Å². The smallest absolute Gasteiger partial charge is 0.227 e. The number of aliphatic hydroxyl groups is 1. The first-order valence-corrected chi connectivity index (χ1v) is 7.21. The van der Waals surface area contributed by atoms with Crippen LogP contribution in [0.5, 0.6) is 11.6 Å². The van der Waals surface area contributed by atoms with Crippen LogP contribution in [-0.4, -0.2) is 45.3 Å². The summed E-state index contributed by atoms with van der Waals surface area (Å²) in [4.78, 5) is 12.6. The van der Waals surface area contributed by atoms with Crippen molar-refractivity contribution >= 4 is 18.2 Å². The van der Waals surface area contributed by atoms with E-state index in [0.717, 1.165) is 11.3 Å². The van der Waals surface area contributed by atoms with Crippen molar-refractivity contribution in [1.82, 2.24) is 20.3 Å². The lowest BCUT2D eigenvalue weighted by molar-refractivity contribution is 0.185. The first kappa shape index (κ1) is 17.4. The Bertz CT molecular complexity index is 670. The van der Waals surface area contributed by atoms with Crippen molar-refractivity contribution in [1.29, 1.82) is 0 Å². The van der Waals surface area contributed by atoms with Crippen LogP contribution in [0.25, 0.3) is 0 Å². The number of halogens is 1. The van der Waals surface area contributed by atoms with Crippen LogP contribution in [0.1, 0.15) is 11.3 Å². The number of nitrogens with zero attached hydrogens (tertiary/aromatic N) is 3. The van der Waals surface area contributed by atoms with Gasteiger partial charge < -0.3 is 20.5 Å². The molecule has 23 heavy (non-hydrogen) atoms. The predicted molar refractivity (Wildman–Crippen MR) is 89.4 cm³/mol. The number of rotatable bonds is 4. The van der Waals surface area contributed by atoms with E-state index < -0.39 is 6.10 Å². The Morgan fingerprint density at radius 1 is 1.26 bits per heavy atom. The number of hydrogen-bond donors (Lipinski definition) is 3. The van der Waals surface area contributed by atoms with Crippen LogP contribution >= 0.6 is 12.4 Å². The van der Waals surface area contributed by atoms with Gasteiger partial charge in [0.05, 0.1) is 23.4 Å². The summed E-state index contributed by atoms with van der Waals surface area (Å²) >= 11 is 0. The molecule has 0 aliphatic carbocycles. The van der Waals surface area contributed by atoms with Crippen molar-refractivity contribution in [2.24, 2.45) is 0 Å². The maximum absolute atomic E-state index is 9.87. The number of aryl methyl sites for hydroxylation is 1. The number of anilines is 1. The molecule has 0 bridgehead atoms. The second kappa shape index (κ2) is 7.54. The third kappa shape index (κ3) is 3.87. The zero-order valence-electron chi connectivity index (χ0n) is 13.0. The number of hydrogen-bond acceptors (Lipinski definition) is 7. The standard InChI is InChI=1S/C15H19N5O2.ClH/c1-9-14(20-11-6-16-7-12(11)21)18-8-19-15(9)22-13-4-3-5-17-10(13)2;/h3-5,8,11-12,16,21H,6-7H2,1-2H3,(H,18,19,20);1H/t11-,12-;/m1./s1. The second-order valence-corrected chi connectivity index (χ2v) is 5.32. The van der Waals surface area contributed by atoms with Gasteiger partial charge in [0.15, 0.2) is 5.75 Å². The molecular formula is C15H20ClN5O2. The quantitative estimate of drug-likeness (QED) is 0.777. The van der Waals surface area contributed by atoms with Crippen molar-refractivity contribution in [3.8, 4) is 11.6 Å². The SMILES string of the molecule is Cc1ncccc1Oc1ncnc(N[C@@H]2CNC[C@H]2O)c1C.Cl. The summed E-state index contributed by atoms with van der Waals surface area (Å²) in [5.41, 5.74) is 1.59. The van der Waals surface area contributed by atoms with E-state index in [9.17, 15) is 5.11 Å². The van der Waals surface area contributed by atoms with Gasteiger partial charge in [0.25, 0.3) is 0 Å².